The second-order valence-electron chi connectivity index (χ2n) is 8.99. The number of benzene rings is 1. The number of hydrogen-bond donors (Lipinski definition) is 2. The Morgan fingerprint density at radius 3 is 2.65 bits per heavy atom. The fraction of sp³-hybridized carbons (Fsp3) is 0.346. The number of rotatable bonds is 8. The van der Waals surface area contributed by atoms with Crippen molar-refractivity contribution >= 4 is 23.3 Å². The molecule has 1 fully saturated rings. The van der Waals surface area contributed by atoms with Crippen LogP contribution in [-0.4, -0.2) is 62.7 Å². The third kappa shape index (κ3) is 4.69. The number of aromatic nitrogens is 2. The molecular formula is C26H31N5O2S. The minimum Gasteiger partial charge on any atom is -0.478 e. The highest BCUT2D eigenvalue weighted by Crippen LogP contribution is 2.41. The van der Waals surface area contributed by atoms with Crippen molar-refractivity contribution < 1.29 is 9.90 Å². The Labute approximate surface area is 206 Å². The predicted octanol–water partition coefficient (Wildman–Crippen LogP) is 4.11. The first-order chi connectivity index (χ1) is 16.3. The summed E-state index contributed by atoms with van der Waals surface area (Å²) in [7, 11) is 4.15. The van der Waals surface area contributed by atoms with Crippen LogP contribution in [0.5, 0.6) is 0 Å². The van der Waals surface area contributed by atoms with Crippen LogP contribution in [-0.2, 0) is 0 Å². The molecule has 3 aromatic rings. The fourth-order valence-electron chi connectivity index (χ4n) is 4.80. The van der Waals surface area contributed by atoms with E-state index in [-0.39, 0.29) is 17.6 Å². The second-order valence-corrected chi connectivity index (χ2v) is 9.38. The van der Waals surface area contributed by atoms with Gasteiger partial charge in [0.15, 0.2) is 5.11 Å². The average molecular weight is 478 g/mol. The number of thiocarbonyl (C=S) groups is 1. The number of nitrogens with one attached hydrogen (secondary N) is 1. The van der Waals surface area contributed by atoms with Gasteiger partial charge in [0.2, 0.25) is 0 Å². The number of carboxylic acid groups (broad SMARTS) is 1. The first kappa shape index (κ1) is 23.9. The second kappa shape index (κ2) is 9.95. The predicted molar refractivity (Wildman–Crippen MR) is 138 cm³/mol. The van der Waals surface area contributed by atoms with E-state index in [0.717, 1.165) is 53.0 Å². The zero-order valence-corrected chi connectivity index (χ0v) is 20.8. The summed E-state index contributed by atoms with van der Waals surface area (Å²) in [5, 5.41) is 13.7. The fourth-order valence-corrected chi connectivity index (χ4v) is 5.14. The number of aromatic carboxylic acids is 1. The molecule has 0 saturated carbocycles. The van der Waals surface area contributed by atoms with Crippen molar-refractivity contribution in [1.82, 2.24) is 24.7 Å². The number of aryl methyl sites for hydroxylation is 1. The highest BCUT2D eigenvalue weighted by Gasteiger charge is 2.41. The molecule has 0 radical (unpaired) electrons. The topological polar surface area (TPSA) is 73.6 Å². The number of carbonyl (C=O) groups is 1. The summed E-state index contributed by atoms with van der Waals surface area (Å²) in [5.74, 6) is -0.933. The molecule has 2 N–H and O–H groups in total. The molecule has 0 amide bonds. The van der Waals surface area contributed by atoms with Gasteiger partial charge in [-0.25, -0.2) is 4.79 Å². The Morgan fingerprint density at radius 1 is 1.18 bits per heavy atom. The van der Waals surface area contributed by atoms with E-state index in [2.05, 4.69) is 58.7 Å². The molecule has 1 saturated heterocycles. The molecule has 1 aliphatic rings. The van der Waals surface area contributed by atoms with Gasteiger partial charge in [0.1, 0.15) is 0 Å². The molecule has 0 aliphatic carbocycles. The van der Waals surface area contributed by atoms with E-state index in [1.165, 1.54) is 0 Å². The van der Waals surface area contributed by atoms with Crippen LogP contribution in [0.2, 0.25) is 0 Å². The largest absolute Gasteiger partial charge is 0.478 e. The third-order valence-electron chi connectivity index (χ3n) is 6.34. The van der Waals surface area contributed by atoms with E-state index in [0.29, 0.717) is 0 Å². The smallest absolute Gasteiger partial charge is 0.335 e. The number of hydrogen-bond acceptors (Lipinski definition) is 4. The summed E-state index contributed by atoms with van der Waals surface area (Å²) in [4.78, 5) is 20.6. The average Bonchev–Trinajstić information content (AvgIpc) is 3.29. The first-order valence-electron chi connectivity index (χ1n) is 11.4. The zero-order chi connectivity index (χ0) is 24.4. The number of pyridine rings is 1. The molecule has 8 heteroatoms. The van der Waals surface area contributed by atoms with Crippen molar-refractivity contribution in [3.63, 3.8) is 0 Å². The van der Waals surface area contributed by atoms with E-state index in [1.807, 2.05) is 30.5 Å². The lowest BCUT2D eigenvalue weighted by Crippen LogP contribution is -2.32. The Hall–Kier alpha value is -3.23. The van der Waals surface area contributed by atoms with Crippen molar-refractivity contribution in [2.45, 2.75) is 32.4 Å². The minimum atomic E-state index is -0.933. The molecule has 4 rings (SSSR count). The van der Waals surface area contributed by atoms with Gasteiger partial charge >= 0.3 is 5.97 Å². The molecule has 7 nitrogen and oxygen atoms in total. The van der Waals surface area contributed by atoms with Crippen molar-refractivity contribution in [3.8, 4) is 5.69 Å². The van der Waals surface area contributed by atoms with E-state index >= 15 is 0 Å². The van der Waals surface area contributed by atoms with Gasteiger partial charge in [-0.1, -0.05) is 12.1 Å². The van der Waals surface area contributed by atoms with Gasteiger partial charge in [-0.05, 0) is 95.1 Å². The van der Waals surface area contributed by atoms with Crippen LogP contribution in [0.3, 0.4) is 0 Å². The first-order valence-corrected chi connectivity index (χ1v) is 11.8. The summed E-state index contributed by atoms with van der Waals surface area (Å²) in [5.41, 5.74) is 5.32. The van der Waals surface area contributed by atoms with E-state index in [1.54, 1.807) is 18.2 Å². The molecule has 34 heavy (non-hydrogen) atoms. The molecule has 2 atom stereocenters. The SMILES string of the molecule is Cc1cc(C2C(c3ccccn3)NC(=S)N2CCCN(C)C)c(C)n1-c1cccc(C(=O)O)c1. The van der Waals surface area contributed by atoms with Crippen LogP contribution in [0.15, 0.2) is 54.7 Å². The van der Waals surface area contributed by atoms with Crippen LogP contribution in [0, 0.1) is 13.8 Å². The monoisotopic (exact) mass is 477 g/mol. The summed E-state index contributed by atoms with van der Waals surface area (Å²) < 4.78 is 2.12. The van der Waals surface area contributed by atoms with E-state index in [9.17, 15) is 9.90 Å². The molecule has 1 aromatic carbocycles. The van der Waals surface area contributed by atoms with E-state index in [4.69, 9.17) is 12.2 Å². The Morgan fingerprint density at radius 2 is 1.97 bits per heavy atom. The molecule has 2 aromatic heterocycles. The maximum atomic E-state index is 11.5. The van der Waals surface area contributed by atoms with Gasteiger partial charge in [-0.2, -0.15) is 0 Å². The van der Waals surface area contributed by atoms with Crippen LogP contribution in [0.25, 0.3) is 5.69 Å². The lowest BCUT2D eigenvalue weighted by molar-refractivity contribution is 0.0697. The van der Waals surface area contributed by atoms with Gasteiger partial charge in [0, 0.05) is 29.8 Å². The molecule has 2 unspecified atom stereocenters. The van der Waals surface area contributed by atoms with Gasteiger partial charge in [-0.15, -0.1) is 0 Å². The molecule has 1 aliphatic heterocycles. The number of carboxylic acids is 1. The summed E-state index contributed by atoms with van der Waals surface area (Å²) in [6.45, 7) is 5.94. The molecule has 3 heterocycles. The van der Waals surface area contributed by atoms with Crippen LogP contribution < -0.4 is 5.32 Å². The van der Waals surface area contributed by atoms with Crippen molar-refractivity contribution in [2.75, 3.05) is 27.2 Å². The van der Waals surface area contributed by atoms with Gasteiger partial charge < -0.3 is 24.8 Å². The maximum absolute atomic E-state index is 11.5. The Bertz CT molecular complexity index is 1190. The lowest BCUT2D eigenvalue weighted by Gasteiger charge is -2.28. The third-order valence-corrected chi connectivity index (χ3v) is 6.69. The normalized spacial score (nSPS) is 17.9. The van der Waals surface area contributed by atoms with Gasteiger partial charge in [-0.3, -0.25) is 4.98 Å². The standard InChI is InChI=1S/C26H31N5O2S/c1-17-15-21(18(2)31(17)20-10-7-9-19(16-20)25(32)33)24-23(22-11-5-6-12-27-22)28-26(34)30(24)14-8-13-29(3)4/h5-7,9-12,15-16,23-24H,8,13-14H2,1-4H3,(H,28,34)(H,32,33). The summed E-state index contributed by atoms with van der Waals surface area (Å²) >= 11 is 5.80. The van der Waals surface area contributed by atoms with Crippen LogP contribution in [0.4, 0.5) is 0 Å². The molecular weight excluding hydrogens is 446 g/mol. The Balaban J connectivity index is 1.78. The minimum absolute atomic E-state index is 0.0211. The maximum Gasteiger partial charge on any atom is 0.335 e. The Kier molecular flexibility index (Phi) is 7.00. The van der Waals surface area contributed by atoms with Crippen LogP contribution >= 0.6 is 12.2 Å². The van der Waals surface area contributed by atoms with Crippen molar-refractivity contribution in [3.05, 3.63) is 82.9 Å². The van der Waals surface area contributed by atoms with E-state index < -0.39 is 5.97 Å². The lowest BCUT2D eigenvalue weighted by atomic mass is 9.96. The van der Waals surface area contributed by atoms with Crippen molar-refractivity contribution in [1.29, 1.82) is 0 Å². The van der Waals surface area contributed by atoms with Gasteiger partial charge in [0.05, 0.1) is 23.3 Å². The van der Waals surface area contributed by atoms with Gasteiger partial charge in [0.25, 0.3) is 0 Å². The molecule has 0 spiro atoms. The highest BCUT2D eigenvalue weighted by molar-refractivity contribution is 7.80. The van der Waals surface area contributed by atoms with Crippen LogP contribution in [0.1, 0.15) is 51.5 Å². The van der Waals surface area contributed by atoms with Crippen molar-refractivity contribution in [2.24, 2.45) is 0 Å². The molecule has 178 valence electrons. The highest BCUT2D eigenvalue weighted by atomic mass is 32.1. The summed E-state index contributed by atoms with van der Waals surface area (Å²) in [6.07, 6.45) is 2.80. The number of nitrogens with zero attached hydrogens (tertiary/aromatic N) is 4. The summed E-state index contributed by atoms with van der Waals surface area (Å²) in [6, 6.07) is 15.1. The zero-order valence-electron chi connectivity index (χ0n) is 20.0. The quantitative estimate of drug-likeness (QED) is 0.473. The molecule has 0 bridgehead atoms.